The molecule has 6 nitrogen and oxygen atoms in total. The van der Waals surface area contributed by atoms with Crippen molar-refractivity contribution in [2.45, 2.75) is 57.0 Å². The summed E-state index contributed by atoms with van der Waals surface area (Å²) in [6.45, 7) is 2.56. The lowest BCUT2D eigenvalue weighted by atomic mass is 9.72. The molecule has 1 aromatic carbocycles. The maximum absolute atomic E-state index is 12.7. The zero-order valence-electron chi connectivity index (χ0n) is 17.8. The second kappa shape index (κ2) is 10.5. The van der Waals surface area contributed by atoms with E-state index in [9.17, 15) is 9.59 Å². The molecule has 0 unspecified atom stereocenters. The molecular weight excluding hydrogens is 402 g/mol. The number of fused-ring (bicyclic) bond motifs is 4. The number of carbonyl (C=O) groups is 2. The minimum absolute atomic E-state index is 0. The van der Waals surface area contributed by atoms with E-state index < -0.39 is 0 Å². The predicted octanol–water partition coefficient (Wildman–Crippen LogP) is 2.54. The molecule has 3 aliphatic heterocycles. The number of hydrogen-bond acceptors (Lipinski definition) is 4. The summed E-state index contributed by atoms with van der Waals surface area (Å²) in [5, 5.41) is 6.69. The highest BCUT2D eigenvalue weighted by molar-refractivity contribution is 5.85. The average molecular weight is 436 g/mol. The SMILES string of the molecule is COc1ccc(CCCC(=O)NC[C@H]2[C@@H]3CNC[C@@H](C3)[C@@H]3CCCC(=O)N32)cc1.Cl. The second-order valence-corrected chi connectivity index (χ2v) is 8.75. The highest BCUT2D eigenvalue weighted by atomic mass is 35.5. The van der Waals surface area contributed by atoms with Crippen molar-refractivity contribution < 1.29 is 14.3 Å². The number of ether oxygens (including phenoxy) is 1. The summed E-state index contributed by atoms with van der Waals surface area (Å²) in [4.78, 5) is 27.3. The molecule has 2 amide bonds. The van der Waals surface area contributed by atoms with Crippen LogP contribution in [0, 0.1) is 11.8 Å². The lowest BCUT2D eigenvalue weighted by molar-refractivity contribution is -0.149. The molecule has 7 heteroatoms. The Morgan fingerprint density at radius 1 is 1.23 bits per heavy atom. The smallest absolute Gasteiger partial charge is 0.223 e. The molecule has 1 aromatic rings. The lowest BCUT2D eigenvalue weighted by Gasteiger charge is -2.54. The van der Waals surface area contributed by atoms with Gasteiger partial charge in [-0.1, -0.05) is 12.1 Å². The van der Waals surface area contributed by atoms with Crippen molar-refractivity contribution >= 4 is 24.2 Å². The van der Waals surface area contributed by atoms with Gasteiger partial charge in [0.15, 0.2) is 0 Å². The summed E-state index contributed by atoms with van der Waals surface area (Å²) in [6, 6.07) is 8.51. The highest BCUT2D eigenvalue weighted by Gasteiger charge is 2.47. The molecule has 3 heterocycles. The van der Waals surface area contributed by atoms with Gasteiger partial charge < -0.3 is 20.3 Å². The van der Waals surface area contributed by atoms with E-state index in [2.05, 4.69) is 15.5 Å². The molecule has 3 fully saturated rings. The molecule has 0 saturated carbocycles. The second-order valence-electron chi connectivity index (χ2n) is 8.75. The normalized spacial score (nSPS) is 27.6. The number of nitrogens with one attached hydrogen (secondary N) is 2. The maximum Gasteiger partial charge on any atom is 0.223 e. The third-order valence-corrected chi connectivity index (χ3v) is 6.94. The Labute approximate surface area is 185 Å². The van der Waals surface area contributed by atoms with Crippen molar-refractivity contribution in [3.05, 3.63) is 29.8 Å². The topological polar surface area (TPSA) is 70.7 Å². The van der Waals surface area contributed by atoms with Crippen LogP contribution in [0.15, 0.2) is 24.3 Å². The number of aryl methyl sites for hydroxylation is 1. The number of piperidine rings is 3. The van der Waals surface area contributed by atoms with E-state index in [0.717, 1.165) is 44.5 Å². The minimum Gasteiger partial charge on any atom is -0.497 e. The van der Waals surface area contributed by atoms with Gasteiger partial charge in [0, 0.05) is 32.0 Å². The molecule has 0 aliphatic carbocycles. The maximum atomic E-state index is 12.7. The number of nitrogens with zero attached hydrogens (tertiary/aromatic N) is 1. The van der Waals surface area contributed by atoms with Gasteiger partial charge in [-0.15, -0.1) is 12.4 Å². The largest absolute Gasteiger partial charge is 0.497 e. The monoisotopic (exact) mass is 435 g/mol. The van der Waals surface area contributed by atoms with E-state index in [-0.39, 0.29) is 30.3 Å². The summed E-state index contributed by atoms with van der Waals surface area (Å²) >= 11 is 0. The molecule has 0 spiro atoms. The molecule has 2 N–H and O–H groups in total. The van der Waals surface area contributed by atoms with Gasteiger partial charge in [0.2, 0.25) is 11.8 Å². The first-order valence-corrected chi connectivity index (χ1v) is 11.1. The molecular formula is C23H34ClN3O3. The summed E-state index contributed by atoms with van der Waals surface area (Å²) in [6.07, 6.45) is 6.17. The Balaban J connectivity index is 0.00000256. The van der Waals surface area contributed by atoms with Crippen LogP contribution in [0.1, 0.15) is 44.1 Å². The van der Waals surface area contributed by atoms with E-state index in [0.29, 0.717) is 37.3 Å². The van der Waals surface area contributed by atoms with E-state index in [1.807, 2.05) is 24.3 Å². The van der Waals surface area contributed by atoms with E-state index in [1.54, 1.807) is 7.11 Å². The van der Waals surface area contributed by atoms with Crippen molar-refractivity contribution in [1.29, 1.82) is 0 Å². The van der Waals surface area contributed by atoms with Gasteiger partial charge in [0.05, 0.1) is 13.2 Å². The number of rotatable bonds is 7. The zero-order valence-corrected chi connectivity index (χ0v) is 18.6. The molecule has 0 aromatic heterocycles. The fourth-order valence-corrected chi connectivity index (χ4v) is 5.45. The van der Waals surface area contributed by atoms with Gasteiger partial charge in [-0.3, -0.25) is 9.59 Å². The van der Waals surface area contributed by atoms with E-state index >= 15 is 0 Å². The Hall–Kier alpha value is -1.79. The van der Waals surface area contributed by atoms with Crippen molar-refractivity contribution in [3.8, 4) is 5.75 Å². The van der Waals surface area contributed by atoms with Crippen LogP contribution in [-0.4, -0.2) is 55.5 Å². The summed E-state index contributed by atoms with van der Waals surface area (Å²) < 4.78 is 5.18. The van der Waals surface area contributed by atoms with Crippen LogP contribution in [-0.2, 0) is 16.0 Å². The van der Waals surface area contributed by atoms with Gasteiger partial charge >= 0.3 is 0 Å². The molecule has 3 saturated heterocycles. The van der Waals surface area contributed by atoms with Gasteiger partial charge in [-0.2, -0.15) is 0 Å². The van der Waals surface area contributed by atoms with Crippen molar-refractivity contribution in [1.82, 2.24) is 15.5 Å². The first-order valence-electron chi connectivity index (χ1n) is 11.1. The van der Waals surface area contributed by atoms with E-state index in [1.165, 1.54) is 12.0 Å². The third kappa shape index (κ3) is 5.09. The van der Waals surface area contributed by atoms with Gasteiger partial charge in [0.25, 0.3) is 0 Å². The Bertz CT molecular complexity index is 727. The first kappa shape index (κ1) is 22.9. The Morgan fingerprint density at radius 2 is 2.00 bits per heavy atom. The van der Waals surface area contributed by atoms with Crippen LogP contribution < -0.4 is 15.4 Å². The molecule has 166 valence electrons. The number of hydrogen-bond donors (Lipinski definition) is 2. The van der Waals surface area contributed by atoms with E-state index in [4.69, 9.17) is 4.74 Å². The van der Waals surface area contributed by atoms with Gasteiger partial charge in [0.1, 0.15) is 5.75 Å². The van der Waals surface area contributed by atoms with Gasteiger partial charge in [-0.05, 0) is 68.2 Å². The van der Waals surface area contributed by atoms with Crippen LogP contribution in [0.3, 0.4) is 0 Å². The van der Waals surface area contributed by atoms with Gasteiger partial charge in [-0.25, -0.2) is 0 Å². The third-order valence-electron chi connectivity index (χ3n) is 6.94. The standard InChI is InChI=1S/C23H33N3O3.ClH/c1-29-19-10-8-16(9-11-19)4-2-6-22(27)25-15-21-18-12-17(13-24-14-18)20-5-3-7-23(28)26(20)21;/h8-11,17-18,20-21,24H,2-7,12-15H2,1H3,(H,25,27);1H/t17-,18+,20+,21+;/m1./s1. The highest BCUT2D eigenvalue weighted by Crippen LogP contribution is 2.39. The quantitative estimate of drug-likeness (QED) is 0.690. The number of benzene rings is 1. The van der Waals surface area contributed by atoms with Crippen LogP contribution in [0.5, 0.6) is 5.75 Å². The number of carbonyl (C=O) groups excluding carboxylic acids is 2. The fraction of sp³-hybridized carbons (Fsp3) is 0.652. The fourth-order valence-electron chi connectivity index (χ4n) is 5.45. The molecule has 2 bridgehead atoms. The number of methoxy groups -OCH3 is 1. The molecule has 3 aliphatic rings. The molecule has 4 atom stereocenters. The predicted molar refractivity (Wildman–Crippen MR) is 119 cm³/mol. The van der Waals surface area contributed by atoms with Crippen LogP contribution in [0.4, 0.5) is 0 Å². The van der Waals surface area contributed by atoms with Crippen molar-refractivity contribution in [2.24, 2.45) is 11.8 Å². The summed E-state index contributed by atoms with van der Waals surface area (Å²) in [7, 11) is 1.66. The van der Waals surface area contributed by atoms with Crippen molar-refractivity contribution in [2.75, 3.05) is 26.7 Å². The van der Waals surface area contributed by atoms with Crippen LogP contribution in [0.2, 0.25) is 0 Å². The number of halogens is 1. The average Bonchev–Trinajstić information content (AvgIpc) is 2.75. The molecule has 4 rings (SSSR count). The van der Waals surface area contributed by atoms with Crippen LogP contribution in [0.25, 0.3) is 0 Å². The zero-order chi connectivity index (χ0) is 20.2. The summed E-state index contributed by atoms with van der Waals surface area (Å²) in [5.41, 5.74) is 1.21. The molecule has 30 heavy (non-hydrogen) atoms. The molecule has 0 radical (unpaired) electrons. The first-order chi connectivity index (χ1) is 14.2. The van der Waals surface area contributed by atoms with Crippen LogP contribution >= 0.6 is 12.4 Å². The lowest BCUT2D eigenvalue weighted by Crippen LogP contribution is -2.66. The Kier molecular flexibility index (Phi) is 8.00. The minimum atomic E-state index is 0. The summed E-state index contributed by atoms with van der Waals surface area (Å²) in [5.74, 6) is 2.26. The Morgan fingerprint density at radius 3 is 2.77 bits per heavy atom. The number of amides is 2. The van der Waals surface area contributed by atoms with Crippen molar-refractivity contribution in [3.63, 3.8) is 0 Å².